The second kappa shape index (κ2) is 7.39. The van der Waals surface area contributed by atoms with Crippen molar-refractivity contribution < 1.29 is 4.79 Å². The van der Waals surface area contributed by atoms with Gasteiger partial charge in [-0.05, 0) is 44.4 Å². The van der Waals surface area contributed by atoms with Crippen molar-refractivity contribution in [2.45, 2.75) is 52.5 Å². The number of aromatic nitrogens is 3. The first-order valence-electron chi connectivity index (χ1n) is 9.39. The van der Waals surface area contributed by atoms with E-state index in [4.69, 9.17) is 5.73 Å². The van der Waals surface area contributed by atoms with E-state index in [0.29, 0.717) is 22.4 Å². The molecule has 0 radical (unpaired) electrons. The molecule has 0 saturated carbocycles. The number of fused-ring (bicyclic) bond motifs is 1. The molecule has 0 atom stereocenters. The molecule has 6 nitrogen and oxygen atoms in total. The molecule has 0 aliphatic heterocycles. The van der Waals surface area contributed by atoms with Crippen molar-refractivity contribution in [1.29, 1.82) is 0 Å². The van der Waals surface area contributed by atoms with Crippen LogP contribution in [-0.2, 0) is 12.0 Å². The van der Waals surface area contributed by atoms with Crippen LogP contribution in [0.1, 0.15) is 56.5 Å². The maximum Gasteiger partial charge on any atom is 0.258 e. The van der Waals surface area contributed by atoms with Gasteiger partial charge in [-0.1, -0.05) is 32.4 Å². The summed E-state index contributed by atoms with van der Waals surface area (Å²) in [5.41, 5.74) is 9.08. The van der Waals surface area contributed by atoms with Crippen LogP contribution in [0.2, 0.25) is 0 Å². The summed E-state index contributed by atoms with van der Waals surface area (Å²) in [4.78, 5) is 21.5. The first kappa shape index (κ1) is 18.9. The Hall–Kier alpha value is -2.89. The number of nitrogens with one attached hydrogen (secondary N) is 1. The third-order valence-corrected chi connectivity index (χ3v) is 5.12. The normalized spacial score (nSPS) is 11.7. The molecule has 1 aromatic carbocycles. The Morgan fingerprint density at radius 3 is 2.52 bits per heavy atom. The van der Waals surface area contributed by atoms with Crippen LogP contribution in [0.25, 0.3) is 11.0 Å². The number of aryl methyl sites for hydroxylation is 1. The molecule has 3 rings (SSSR count). The second-order valence-corrected chi connectivity index (χ2v) is 7.44. The number of hydrogen-bond acceptors (Lipinski definition) is 4. The summed E-state index contributed by atoms with van der Waals surface area (Å²) in [6, 6.07) is 7.94. The summed E-state index contributed by atoms with van der Waals surface area (Å²) in [5.74, 6) is 0.101. The Kier molecular flexibility index (Phi) is 5.17. The highest BCUT2D eigenvalue weighted by Crippen LogP contribution is 2.31. The Morgan fingerprint density at radius 2 is 1.89 bits per heavy atom. The van der Waals surface area contributed by atoms with Gasteiger partial charge in [0.1, 0.15) is 17.8 Å². The number of anilines is 2. The number of nitrogen functional groups attached to an aromatic ring is 1. The van der Waals surface area contributed by atoms with Crippen molar-refractivity contribution in [2.24, 2.45) is 0 Å². The molecule has 0 aliphatic carbocycles. The molecular formula is C21H27N5O. The first-order chi connectivity index (χ1) is 12.9. The zero-order chi connectivity index (χ0) is 19.6. The van der Waals surface area contributed by atoms with E-state index in [2.05, 4.69) is 43.0 Å². The molecule has 0 spiro atoms. The minimum atomic E-state index is -0.213. The highest BCUT2D eigenvalue weighted by atomic mass is 16.1. The molecule has 2 aromatic heterocycles. The van der Waals surface area contributed by atoms with E-state index in [1.54, 1.807) is 0 Å². The Labute approximate surface area is 159 Å². The molecule has 1 amide bonds. The van der Waals surface area contributed by atoms with Crippen molar-refractivity contribution in [3.05, 3.63) is 47.9 Å². The predicted octanol–water partition coefficient (Wildman–Crippen LogP) is 4.36. The third-order valence-electron chi connectivity index (χ3n) is 5.12. The number of nitrogens with two attached hydrogens (primary N) is 1. The van der Waals surface area contributed by atoms with Crippen LogP contribution < -0.4 is 11.1 Å². The fraction of sp³-hybridized carbons (Fsp3) is 0.381. The maximum atomic E-state index is 13.0. The molecular weight excluding hydrogens is 338 g/mol. The first-order valence-corrected chi connectivity index (χ1v) is 9.39. The molecule has 6 heteroatoms. The number of benzene rings is 1. The van der Waals surface area contributed by atoms with Gasteiger partial charge in [0, 0.05) is 17.4 Å². The van der Waals surface area contributed by atoms with Crippen LogP contribution in [0.4, 0.5) is 11.5 Å². The third kappa shape index (κ3) is 3.65. The molecule has 27 heavy (non-hydrogen) atoms. The number of amides is 1. The Balaban J connectivity index is 1.99. The van der Waals surface area contributed by atoms with Gasteiger partial charge in [-0.2, -0.15) is 0 Å². The molecule has 2 heterocycles. The van der Waals surface area contributed by atoms with Gasteiger partial charge in [0.2, 0.25) is 0 Å². The monoisotopic (exact) mass is 365 g/mol. The molecule has 0 fully saturated rings. The quantitative estimate of drug-likeness (QED) is 0.679. The van der Waals surface area contributed by atoms with Gasteiger partial charge in [-0.25, -0.2) is 9.97 Å². The lowest BCUT2D eigenvalue weighted by atomic mass is 10.0. The zero-order valence-electron chi connectivity index (χ0n) is 16.4. The number of nitrogens with zero attached hydrogens (tertiary/aromatic N) is 3. The van der Waals surface area contributed by atoms with Crippen molar-refractivity contribution >= 4 is 28.4 Å². The number of carbonyl (C=O) groups is 1. The van der Waals surface area contributed by atoms with Crippen molar-refractivity contribution in [1.82, 2.24) is 14.5 Å². The van der Waals surface area contributed by atoms with Gasteiger partial charge < -0.3 is 15.6 Å². The van der Waals surface area contributed by atoms with Crippen LogP contribution in [0.3, 0.4) is 0 Å². The van der Waals surface area contributed by atoms with Gasteiger partial charge >= 0.3 is 0 Å². The van der Waals surface area contributed by atoms with E-state index < -0.39 is 0 Å². The average Bonchev–Trinajstić information content (AvgIpc) is 3.06. The summed E-state index contributed by atoms with van der Waals surface area (Å²) < 4.78 is 2.01. The van der Waals surface area contributed by atoms with Crippen LogP contribution in [0, 0.1) is 0 Å². The lowest BCUT2D eigenvalue weighted by Crippen LogP contribution is -2.24. The number of carbonyl (C=O) groups excluding carboxylic acids is 1. The van der Waals surface area contributed by atoms with Crippen molar-refractivity contribution in [3.63, 3.8) is 0 Å². The zero-order valence-corrected chi connectivity index (χ0v) is 16.4. The Bertz CT molecular complexity index is 957. The molecule has 3 N–H and O–H groups in total. The van der Waals surface area contributed by atoms with Gasteiger partial charge in [0.25, 0.3) is 5.91 Å². The summed E-state index contributed by atoms with van der Waals surface area (Å²) >= 11 is 0. The van der Waals surface area contributed by atoms with Crippen LogP contribution >= 0.6 is 0 Å². The SMILES string of the molecule is CCCc1ccc(NC(=O)c2cn(C(C)(C)CC)c3ncnc(N)c23)cc1. The smallest absolute Gasteiger partial charge is 0.258 e. The van der Waals surface area contributed by atoms with E-state index in [9.17, 15) is 4.79 Å². The van der Waals surface area contributed by atoms with Crippen LogP contribution in [0.5, 0.6) is 0 Å². The summed E-state index contributed by atoms with van der Waals surface area (Å²) in [6.07, 6.45) is 6.29. The maximum absolute atomic E-state index is 13.0. The Morgan fingerprint density at radius 1 is 1.19 bits per heavy atom. The van der Waals surface area contributed by atoms with E-state index in [-0.39, 0.29) is 11.4 Å². The summed E-state index contributed by atoms with van der Waals surface area (Å²) in [6.45, 7) is 8.47. The van der Waals surface area contributed by atoms with Crippen LogP contribution in [0.15, 0.2) is 36.8 Å². The van der Waals surface area contributed by atoms with E-state index in [1.807, 2.05) is 35.0 Å². The molecule has 0 saturated heterocycles. The average molecular weight is 365 g/mol. The molecule has 0 aliphatic rings. The predicted molar refractivity (Wildman–Crippen MR) is 110 cm³/mol. The fourth-order valence-electron chi connectivity index (χ4n) is 3.13. The summed E-state index contributed by atoms with van der Waals surface area (Å²) in [7, 11) is 0. The van der Waals surface area contributed by atoms with Gasteiger partial charge in [-0.15, -0.1) is 0 Å². The highest BCUT2D eigenvalue weighted by Gasteiger charge is 2.26. The van der Waals surface area contributed by atoms with E-state index >= 15 is 0 Å². The van der Waals surface area contributed by atoms with Gasteiger partial charge in [-0.3, -0.25) is 4.79 Å². The van der Waals surface area contributed by atoms with Gasteiger partial charge in [0.15, 0.2) is 0 Å². The van der Waals surface area contributed by atoms with Crippen molar-refractivity contribution in [2.75, 3.05) is 11.1 Å². The standard InChI is InChI=1S/C21H27N5O/c1-5-7-14-8-10-15(11-9-14)25-20(27)16-12-26(21(3,4)6-2)19-17(16)18(22)23-13-24-19/h8-13H,5-7H2,1-4H3,(H,25,27)(H2,22,23,24). The largest absolute Gasteiger partial charge is 0.383 e. The van der Waals surface area contributed by atoms with Crippen molar-refractivity contribution in [3.8, 4) is 0 Å². The molecule has 0 bridgehead atoms. The molecule has 0 unspecified atom stereocenters. The van der Waals surface area contributed by atoms with Gasteiger partial charge in [0.05, 0.1) is 10.9 Å². The molecule has 3 aromatic rings. The molecule has 142 valence electrons. The fourth-order valence-corrected chi connectivity index (χ4v) is 3.13. The number of hydrogen-bond donors (Lipinski definition) is 2. The second-order valence-electron chi connectivity index (χ2n) is 7.44. The number of rotatable bonds is 6. The van der Waals surface area contributed by atoms with E-state index in [0.717, 1.165) is 24.9 Å². The minimum Gasteiger partial charge on any atom is -0.383 e. The minimum absolute atomic E-state index is 0.195. The topological polar surface area (TPSA) is 85.8 Å². The highest BCUT2D eigenvalue weighted by molar-refractivity contribution is 6.14. The van der Waals surface area contributed by atoms with Crippen LogP contribution in [-0.4, -0.2) is 20.4 Å². The lowest BCUT2D eigenvalue weighted by Gasteiger charge is -2.25. The van der Waals surface area contributed by atoms with E-state index in [1.165, 1.54) is 11.9 Å². The lowest BCUT2D eigenvalue weighted by molar-refractivity contribution is 0.102. The summed E-state index contributed by atoms with van der Waals surface area (Å²) in [5, 5.41) is 3.56.